The smallest absolute Gasteiger partial charge is 0.240 e. The third-order valence-corrected chi connectivity index (χ3v) is 4.83. The fourth-order valence-corrected chi connectivity index (χ4v) is 3.25. The van der Waals surface area contributed by atoms with Gasteiger partial charge in [0.15, 0.2) is 0 Å². The minimum absolute atomic E-state index is 0.125. The summed E-state index contributed by atoms with van der Waals surface area (Å²) in [5, 5.41) is 0. The summed E-state index contributed by atoms with van der Waals surface area (Å²) in [7, 11) is -3.73. The number of benzene rings is 1. The number of hydrogen-bond donors (Lipinski definition) is 2. The Balaban J connectivity index is 2.84. The Kier molecular flexibility index (Phi) is 5.95. The van der Waals surface area contributed by atoms with E-state index in [0.29, 0.717) is 0 Å². The van der Waals surface area contributed by atoms with Gasteiger partial charge in [0.2, 0.25) is 10.0 Å². The fourth-order valence-electron chi connectivity index (χ4n) is 1.92. The van der Waals surface area contributed by atoms with Crippen molar-refractivity contribution in [3.8, 4) is 0 Å². The molecule has 1 unspecified atom stereocenters. The van der Waals surface area contributed by atoms with Gasteiger partial charge in [-0.3, -0.25) is 0 Å². The van der Waals surface area contributed by atoms with E-state index in [4.69, 9.17) is 5.73 Å². The van der Waals surface area contributed by atoms with Gasteiger partial charge in [-0.05, 0) is 32.4 Å². The number of rotatable bonds is 7. The van der Waals surface area contributed by atoms with Crippen LogP contribution in [0.5, 0.6) is 0 Å². The minimum atomic E-state index is -3.73. The van der Waals surface area contributed by atoms with E-state index in [0.717, 1.165) is 31.7 Å². The Labute approximate surface area is 120 Å². The van der Waals surface area contributed by atoms with Crippen LogP contribution in [0.2, 0.25) is 0 Å². The van der Waals surface area contributed by atoms with Crippen LogP contribution in [0, 0.1) is 12.7 Å². The first-order valence-corrected chi connectivity index (χ1v) is 8.34. The number of halogens is 1. The van der Waals surface area contributed by atoms with Crippen molar-refractivity contribution in [3.63, 3.8) is 0 Å². The van der Waals surface area contributed by atoms with Crippen molar-refractivity contribution in [3.05, 3.63) is 23.5 Å². The summed E-state index contributed by atoms with van der Waals surface area (Å²) < 4.78 is 40.5. The predicted octanol–water partition coefficient (Wildman–Crippen LogP) is 2.96. The predicted molar refractivity (Wildman–Crippen MR) is 79.5 cm³/mol. The normalized spacial score (nSPS) is 13.4. The van der Waals surface area contributed by atoms with Crippen molar-refractivity contribution in [1.82, 2.24) is 4.72 Å². The van der Waals surface area contributed by atoms with Crippen LogP contribution in [-0.2, 0) is 10.0 Å². The van der Waals surface area contributed by atoms with Gasteiger partial charge in [-0.2, -0.15) is 0 Å². The topological polar surface area (TPSA) is 72.2 Å². The van der Waals surface area contributed by atoms with Crippen LogP contribution in [-0.4, -0.2) is 14.5 Å². The molecule has 0 aliphatic carbocycles. The minimum Gasteiger partial charge on any atom is -0.398 e. The molecule has 0 fully saturated rings. The van der Waals surface area contributed by atoms with Crippen LogP contribution in [0.25, 0.3) is 0 Å². The Morgan fingerprint density at radius 1 is 1.35 bits per heavy atom. The Bertz CT molecular complexity index is 535. The lowest BCUT2D eigenvalue weighted by Crippen LogP contribution is -2.32. The lowest BCUT2D eigenvalue weighted by atomic mass is 10.1. The highest BCUT2D eigenvalue weighted by Crippen LogP contribution is 2.21. The molecule has 0 aliphatic heterocycles. The van der Waals surface area contributed by atoms with Gasteiger partial charge in [0.1, 0.15) is 5.82 Å². The standard InChI is InChI=1S/C14H23FN2O2S/c1-4-5-6-7-10(2)17-20(18,19)12-8-13(15)11(3)14(16)9-12/h8-10,17H,4-7,16H2,1-3H3. The maximum atomic E-state index is 13.6. The highest BCUT2D eigenvalue weighted by Gasteiger charge is 2.19. The zero-order chi connectivity index (χ0) is 15.3. The Morgan fingerprint density at radius 2 is 2.00 bits per heavy atom. The Morgan fingerprint density at radius 3 is 2.55 bits per heavy atom. The average molecular weight is 302 g/mol. The first-order chi connectivity index (χ1) is 9.27. The van der Waals surface area contributed by atoms with Crippen LogP contribution in [0.15, 0.2) is 17.0 Å². The van der Waals surface area contributed by atoms with Gasteiger partial charge in [-0.15, -0.1) is 0 Å². The molecule has 0 aliphatic rings. The van der Waals surface area contributed by atoms with Crippen LogP contribution in [0.4, 0.5) is 10.1 Å². The van der Waals surface area contributed by atoms with Gasteiger partial charge >= 0.3 is 0 Å². The average Bonchev–Trinajstić information content (AvgIpc) is 2.35. The van der Waals surface area contributed by atoms with Crippen LogP contribution in [0.1, 0.15) is 45.1 Å². The van der Waals surface area contributed by atoms with Crippen molar-refractivity contribution < 1.29 is 12.8 Å². The summed E-state index contributed by atoms with van der Waals surface area (Å²) in [5.41, 5.74) is 6.02. The first kappa shape index (κ1) is 16.9. The molecule has 4 nitrogen and oxygen atoms in total. The van der Waals surface area contributed by atoms with Gasteiger partial charge in [0.05, 0.1) is 4.90 Å². The third kappa shape index (κ3) is 4.45. The van der Waals surface area contributed by atoms with Crippen molar-refractivity contribution in [2.75, 3.05) is 5.73 Å². The molecule has 0 spiro atoms. The van der Waals surface area contributed by atoms with Crippen molar-refractivity contribution in [2.24, 2.45) is 0 Å². The molecule has 114 valence electrons. The molecule has 0 bridgehead atoms. The van der Waals surface area contributed by atoms with Gasteiger partial charge in [-0.1, -0.05) is 26.2 Å². The van der Waals surface area contributed by atoms with Gasteiger partial charge in [0, 0.05) is 17.3 Å². The summed E-state index contributed by atoms with van der Waals surface area (Å²) in [5.74, 6) is -0.607. The molecule has 0 amide bonds. The first-order valence-electron chi connectivity index (χ1n) is 6.86. The number of nitrogen functional groups attached to an aromatic ring is 1. The second kappa shape index (κ2) is 7.04. The van der Waals surface area contributed by atoms with Gasteiger partial charge < -0.3 is 5.73 Å². The molecular formula is C14H23FN2O2S. The highest BCUT2D eigenvalue weighted by molar-refractivity contribution is 7.89. The summed E-state index contributed by atoms with van der Waals surface area (Å²) in [4.78, 5) is -0.125. The monoisotopic (exact) mass is 302 g/mol. The molecule has 1 aromatic rings. The Hall–Kier alpha value is -1.14. The molecular weight excluding hydrogens is 279 g/mol. The highest BCUT2D eigenvalue weighted by atomic mass is 32.2. The van der Waals surface area contributed by atoms with E-state index in [2.05, 4.69) is 11.6 Å². The van der Waals surface area contributed by atoms with Crippen molar-refractivity contribution >= 4 is 15.7 Å². The number of nitrogens with one attached hydrogen (secondary N) is 1. The van der Waals surface area contributed by atoms with Crippen molar-refractivity contribution in [1.29, 1.82) is 0 Å². The molecule has 0 heterocycles. The van der Waals surface area contributed by atoms with E-state index in [1.165, 1.54) is 13.0 Å². The van der Waals surface area contributed by atoms with E-state index in [1.54, 1.807) is 6.92 Å². The number of anilines is 1. The summed E-state index contributed by atoms with van der Waals surface area (Å²) in [6.07, 6.45) is 3.87. The summed E-state index contributed by atoms with van der Waals surface area (Å²) in [6.45, 7) is 5.41. The van der Waals surface area contributed by atoms with Crippen LogP contribution in [0.3, 0.4) is 0 Å². The SMILES string of the molecule is CCCCCC(C)NS(=O)(=O)c1cc(N)c(C)c(F)c1. The van der Waals surface area contributed by atoms with Crippen LogP contribution < -0.4 is 10.5 Å². The lowest BCUT2D eigenvalue weighted by molar-refractivity contribution is 0.526. The maximum absolute atomic E-state index is 13.6. The molecule has 1 aromatic carbocycles. The largest absolute Gasteiger partial charge is 0.398 e. The number of unbranched alkanes of at least 4 members (excludes halogenated alkanes) is 2. The third-order valence-electron chi connectivity index (χ3n) is 3.27. The van der Waals surface area contributed by atoms with E-state index in [1.807, 2.05) is 0 Å². The number of hydrogen-bond acceptors (Lipinski definition) is 3. The van der Waals surface area contributed by atoms with Gasteiger partial charge in [-0.25, -0.2) is 17.5 Å². The number of sulfonamides is 1. The molecule has 0 saturated heterocycles. The van der Waals surface area contributed by atoms with E-state index in [9.17, 15) is 12.8 Å². The maximum Gasteiger partial charge on any atom is 0.240 e. The zero-order valence-corrected chi connectivity index (χ0v) is 13.1. The molecule has 0 radical (unpaired) electrons. The molecule has 0 aromatic heterocycles. The van der Waals surface area contributed by atoms with Crippen molar-refractivity contribution in [2.45, 2.75) is 57.4 Å². The second-order valence-corrected chi connectivity index (χ2v) is 6.85. The number of nitrogens with two attached hydrogens (primary N) is 1. The molecule has 6 heteroatoms. The molecule has 0 saturated carbocycles. The van der Waals surface area contributed by atoms with E-state index in [-0.39, 0.29) is 22.2 Å². The quantitative estimate of drug-likeness (QED) is 0.601. The molecule has 20 heavy (non-hydrogen) atoms. The second-order valence-electron chi connectivity index (χ2n) is 5.14. The fraction of sp³-hybridized carbons (Fsp3) is 0.571. The van der Waals surface area contributed by atoms with E-state index < -0.39 is 15.8 Å². The molecule has 1 atom stereocenters. The lowest BCUT2D eigenvalue weighted by Gasteiger charge is -2.15. The molecule has 1 rings (SSSR count). The van der Waals surface area contributed by atoms with Crippen LogP contribution >= 0.6 is 0 Å². The molecule has 3 N–H and O–H groups in total. The van der Waals surface area contributed by atoms with E-state index >= 15 is 0 Å². The summed E-state index contributed by atoms with van der Waals surface area (Å²) in [6, 6.07) is 2.11. The zero-order valence-electron chi connectivity index (χ0n) is 12.2. The summed E-state index contributed by atoms with van der Waals surface area (Å²) >= 11 is 0. The van der Waals surface area contributed by atoms with Gasteiger partial charge in [0.25, 0.3) is 0 Å².